The van der Waals surface area contributed by atoms with Gasteiger partial charge in [-0.1, -0.05) is 19.3 Å². The predicted octanol–water partition coefficient (Wildman–Crippen LogP) is 3.36. The van der Waals surface area contributed by atoms with Gasteiger partial charge in [-0.2, -0.15) is 5.10 Å². The molecule has 2 saturated carbocycles. The number of hydrogen-bond acceptors (Lipinski definition) is 3. The van der Waals surface area contributed by atoms with Crippen LogP contribution < -0.4 is 10.5 Å². The first-order valence-corrected chi connectivity index (χ1v) is 8.70. The first-order chi connectivity index (χ1) is 10.3. The molecule has 4 heteroatoms. The van der Waals surface area contributed by atoms with Crippen molar-refractivity contribution < 1.29 is 4.74 Å². The number of nitrogens with zero attached hydrogens (tertiary/aromatic N) is 2. The molecule has 0 spiro atoms. The van der Waals surface area contributed by atoms with E-state index in [0.29, 0.717) is 6.04 Å². The maximum atomic E-state index is 5.96. The van der Waals surface area contributed by atoms with Crippen LogP contribution in [0.2, 0.25) is 0 Å². The van der Waals surface area contributed by atoms with Crippen molar-refractivity contribution in [1.29, 1.82) is 0 Å². The molecule has 1 aromatic heterocycles. The molecule has 1 heterocycles. The first-order valence-electron chi connectivity index (χ1n) is 8.70. The largest absolute Gasteiger partial charge is 0.490 e. The second kappa shape index (κ2) is 7.30. The van der Waals surface area contributed by atoms with Gasteiger partial charge < -0.3 is 10.5 Å². The molecular weight excluding hydrogens is 262 g/mol. The van der Waals surface area contributed by atoms with Crippen LogP contribution in [0.4, 0.5) is 0 Å². The van der Waals surface area contributed by atoms with Crippen LogP contribution in [0.15, 0.2) is 12.4 Å². The van der Waals surface area contributed by atoms with Crippen molar-refractivity contribution in [2.45, 2.75) is 70.4 Å². The van der Waals surface area contributed by atoms with Gasteiger partial charge in [0, 0.05) is 12.6 Å². The SMILES string of the molecule is NC1CCC(Cn2cc(OCC3CCCCC3)cn2)CC1. The Morgan fingerprint density at radius 3 is 2.57 bits per heavy atom. The van der Waals surface area contributed by atoms with E-state index < -0.39 is 0 Å². The van der Waals surface area contributed by atoms with Gasteiger partial charge in [-0.05, 0) is 50.4 Å². The Morgan fingerprint density at radius 1 is 1.05 bits per heavy atom. The number of nitrogens with two attached hydrogens (primary N) is 1. The average molecular weight is 291 g/mol. The lowest BCUT2D eigenvalue weighted by Gasteiger charge is -2.25. The van der Waals surface area contributed by atoms with Crippen LogP contribution in [0.3, 0.4) is 0 Å². The van der Waals surface area contributed by atoms with Crippen molar-refractivity contribution in [2.24, 2.45) is 17.6 Å². The lowest BCUT2D eigenvalue weighted by molar-refractivity contribution is 0.208. The fraction of sp³-hybridized carbons (Fsp3) is 0.824. The van der Waals surface area contributed by atoms with E-state index >= 15 is 0 Å². The van der Waals surface area contributed by atoms with Crippen LogP contribution in [0.1, 0.15) is 57.8 Å². The van der Waals surface area contributed by atoms with Crippen molar-refractivity contribution in [2.75, 3.05) is 6.61 Å². The third kappa shape index (κ3) is 4.47. The highest BCUT2D eigenvalue weighted by molar-refractivity contribution is 5.11. The van der Waals surface area contributed by atoms with Crippen LogP contribution in [0.5, 0.6) is 5.75 Å². The van der Waals surface area contributed by atoms with Crippen molar-refractivity contribution >= 4 is 0 Å². The van der Waals surface area contributed by atoms with Gasteiger partial charge in [0.25, 0.3) is 0 Å². The van der Waals surface area contributed by atoms with Crippen LogP contribution in [-0.4, -0.2) is 22.4 Å². The molecule has 3 rings (SSSR count). The standard InChI is InChI=1S/C17H29N3O/c18-16-8-6-14(7-9-16)11-20-12-17(10-19-20)21-13-15-4-2-1-3-5-15/h10,12,14-16H,1-9,11,13,18H2. The van der Waals surface area contributed by atoms with E-state index in [9.17, 15) is 0 Å². The van der Waals surface area contributed by atoms with E-state index in [0.717, 1.165) is 43.6 Å². The molecule has 2 fully saturated rings. The van der Waals surface area contributed by atoms with Gasteiger partial charge in [-0.15, -0.1) is 0 Å². The quantitative estimate of drug-likeness (QED) is 0.905. The summed E-state index contributed by atoms with van der Waals surface area (Å²) in [5.74, 6) is 2.42. The highest BCUT2D eigenvalue weighted by Crippen LogP contribution is 2.26. The molecule has 0 aromatic carbocycles. The van der Waals surface area contributed by atoms with Crippen LogP contribution in [-0.2, 0) is 6.54 Å². The molecule has 0 atom stereocenters. The monoisotopic (exact) mass is 291 g/mol. The van der Waals surface area contributed by atoms with Gasteiger partial charge in [0.15, 0.2) is 5.75 Å². The first kappa shape index (κ1) is 14.9. The number of rotatable bonds is 5. The Hall–Kier alpha value is -1.03. The zero-order chi connectivity index (χ0) is 14.5. The van der Waals surface area contributed by atoms with Gasteiger partial charge in [0.05, 0.1) is 19.0 Å². The zero-order valence-corrected chi connectivity index (χ0v) is 13.0. The Kier molecular flexibility index (Phi) is 5.17. The fourth-order valence-corrected chi connectivity index (χ4v) is 3.72. The molecule has 118 valence electrons. The van der Waals surface area contributed by atoms with Crippen molar-refractivity contribution in [3.63, 3.8) is 0 Å². The van der Waals surface area contributed by atoms with Gasteiger partial charge in [-0.25, -0.2) is 0 Å². The molecule has 1 aromatic rings. The maximum Gasteiger partial charge on any atom is 0.157 e. The Morgan fingerprint density at radius 2 is 1.81 bits per heavy atom. The summed E-state index contributed by atoms with van der Waals surface area (Å²) in [5, 5.41) is 4.45. The fourth-order valence-electron chi connectivity index (χ4n) is 3.72. The third-order valence-electron chi connectivity index (χ3n) is 5.16. The van der Waals surface area contributed by atoms with Gasteiger partial charge in [0.1, 0.15) is 0 Å². The number of hydrogen-bond donors (Lipinski definition) is 1. The Balaban J connectivity index is 1.42. The average Bonchev–Trinajstić information content (AvgIpc) is 2.96. The van der Waals surface area contributed by atoms with E-state index in [4.69, 9.17) is 10.5 Å². The molecule has 0 unspecified atom stereocenters. The van der Waals surface area contributed by atoms with E-state index in [1.165, 1.54) is 44.9 Å². The Labute approximate surface area is 128 Å². The molecule has 0 radical (unpaired) electrons. The second-order valence-electron chi connectivity index (χ2n) is 6.99. The van der Waals surface area contributed by atoms with Crippen molar-refractivity contribution in [1.82, 2.24) is 9.78 Å². The molecule has 4 nitrogen and oxygen atoms in total. The van der Waals surface area contributed by atoms with Crippen LogP contribution in [0.25, 0.3) is 0 Å². The molecule has 0 aliphatic heterocycles. The van der Waals surface area contributed by atoms with E-state index in [2.05, 4.69) is 16.0 Å². The summed E-state index contributed by atoms with van der Waals surface area (Å²) < 4.78 is 7.98. The highest BCUT2D eigenvalue weighted by Gasteiger charge is 2.19. The molecular formula is C17H29N3O. The third-order valence-corrected chi connectivity index (χ3v) is 5.16. The highest BCUT2D eigenvalue weighted by atomic mass is 16.5. The number of aromatic nitrogens is 2. The molecule has 0 bridgehead atoms. The minimum absolute atomic E-state index is 0.424. The summed E-state index contributed by atoms with van der Waals surface area (Å²) in [7, 11) is 0. The molecule has 2 aliphatic rings. The molecule has 2 N–H and O–H groups in total. The van der Waals surface area contributed by atoms with Gasteiger partial charge >= 0.3 is 0 Å². The summed E-state index contributed by atoms with van der Waals surface area (Å²) in [6, 6.07) is 0.424. The smallest absolute Gasteiger partial charge is 0.157 e. The van der Waals surface area contributed by atoms with E-state index in [1.54, 1.807) is 0 Å². The van der Waals surface area contributed by atoms with E-state index in [-0.39, 0.29) is 0 Å². The predicted molar refractivity (Wildman–Crippen MR) is 84.2 cm³/mol. The van der Waals surface area contributed by atoms with Crippen LogP contribution in [0, 0.1) is 11.8 Å². The molecule has 21 heavy (non-hydrogen) atoms. The molecule has 2 aliphatic carbocycles. The zero-order valence-electron chi connectivity index (χ0n) is 13.0. The summed E-state index contributed by atoms with van der Waals surface area (Å²) in [4.78, 5) is 0. The lowest BCUT2D eigenvalue weighted by atomic mass is 9.86. The normalized spacial score (nSPS) is 27.7. The van der Waals surface area contributed by atoms with E-state index in [1.807, 2.05) is 6.20 Å². The van der Waals surface area contributed by atoms with Crippen molar-refractivity contribution in [3.05, 3.63) is 12.4 Å². The Bertz CT molecular complexity index is 417. The minimum Gasteiger partial charge on any atom is -0.490 e. The lowest BCUT2D eigenvalue weighted by Crippen LogP contribution is -2.28. The van der Waals surface area contributed by atoms with Gasteiger partial charge in [0.2, 0.25) is 0 Å². The van der Waals surface area contributed by atoms with Crippen LogP contribution >= 0.6 is 0 Å². The maximum absolute atomic E-state index is 5.96. The molecule has 0 amide bonds. The molecule has 0 saturated heterocycles. The summed E-state index contributed by atoms with van der Waals surface area (Å²) in [6.07, 6.45) is 15.5. The summed E-state index contributed by atoms with van der Waals surface area (Å²) in [6.45, 7) is 1.88. The van der Waals surface area contributed by atoms with Crippen molar-refractivity contribution in [3.8, 4) is 5.75 Å². The number of ether oxygens (including phenoxy) is 1. The summed E-state index contributed by atoms with van der Waals surface area (Å²) in [5.41, 5.74) is 5.96. The topological polar surface area (TPSA) is 53.1 Å². The minimum atomic E-state index is 0.424. The summed E-state index contributed by atoms with van der Waals surface area (Å²) >= 11 is 0. The second-order valence-corrected chi connectivity index (χ2v) is 6.99. The van der Waals surface area contributed by atoms with Gasteiger partial charge in [-0.3, -0.25) is 4.68 Å².